The lowest BCUT2D eigenvalue weighted by atomic mass is 9.58. The van der Waals surface area contributed by atoms with Gasteiger partial charge in [-0.3, -0.25) is 0 Å². The molecular formula is C55H41BN2O2. The van der Waals surface area contributed by atoms with Crippen molar-refractivity contribution in [3.05, 3.63) is 162 Å². The molecule has 0 amide bonds. The maximum Gasteiger partial charge on any atom is 0.198 e. The van der Waals surface area contributed by atoms with Crippen molar-refractivity contribution in [3.63, 3.8) is 0 Å². The average Bonchev–Trinajstić information content (AvgIpc) is 3.97. The molecule has 0 unspecified atom stereocenters. The van der Waals surface area contributed by atoms with Gasteiger partial charge >= 0.3 is 0 Å². The SMILES string of the molecule is CC(C)(C)c1ccc(Nc2cc3c(cc2-c2ccc4c5c6c(ccc5n5c4c2Bc2cc4c(cc2-5)-c2ccccc2C4(C)C)oc2ccccc26)oc2ccccc23)cc1. The predicted octanol–water partition coefficient (Wildman–Crippen LogP) is 13.3. The molecule has 11 aromatic rings. The summed E-state index contributed by atoms with van der Waals surface area (Å²) in [6.07, 6.45) is 0. The Balaban J connectivity index is 1.12. The highest BCUT2D eigenvalue weighted by Crippen LogP contribution is 2.50. The molecule has 0 atom stereocenters. The molecule has 2 aliphatic rings. The van der Waals surface area contributed by atoms with Crippen LogP contribution in [0, 0.1) is 0 Å². The van der Waals surface area contributed by atoms with Gasteiger partial charge in [-0.05, 0) is 98.9 Å². The molecule has 1 N–H and O–H groups in total. The van der Waals surface area contributed by atoms with Gasteiger partial charge in [-0.15, -0.1) is 0 Å². The topological polar surface area (TPSA) is 43.2 Å². The fraction of sp³-hybridized carbons (Fsp3) is 0.127. The molecule has 0 bridgehead atoms. The molecular weight excluding hydrogens is 731 g/mol. The van der Waals surface area contributed by atoms with Crippen molar-refractivity contribution < 1.29 is 8.83 Å². The molecule has 0 saturated carbocycles. The van der Waals surface area contributed by atoms with E-state index < -0.39 is 0 Å². The molecule has 4 heterocycles. The zero-order valence-corrected chi connectivity index (χ0v) is 34.3. The van der Waals surface area contributed by atoms with Crippen LogP contribution < -0.4 is 16.2 Å². The van der Waals surface area contributed by atoms with Crippen LogP contribution in [0.2, 0.25) is 0 Å². The lowest BCUT2D eigenvalue weighted by molar-refractivity contribution is 0.590. The molecule has 8 aromatic carbocycles. The highest BCUT2D eigenvalue weighted by atomic mass is 16.3. The van der Waals surface area contributed by atoms with Gasteiger partial charge in [0, 0.05) is 65.9 Å². The smallest absolute Gasteiger partial charge is 0.198 e. The van der Waals surface area contributed by atoms with E-state index in [1.807, 2.05) is 6.07 Å². The molecule has 5 heteroatoms. The summed E-state index contributed by atoms with van der Waals surface area (Å²) in [4.78, 5) is 0. The van der Waals surface area contributed by atoms with Gasteiger partial charge in [-0.2, -0.15) is 0 Å². The van der Waals surface area contributed by atoms with Crippen molar-refractivity contribution in [2.45, 2.75) is 45.4 Å². The van der Waals surface area contributed by atoms with Crippen LogP contribution in [0.5, 0.6) is 0 Å². The number of nitrogens with zero attached hydrogens (tertiary/aromatic N) is 1. The van der Waals surface area contributed by atoms with E-state index in [1.54, 1.807) is 0 Å². The Kier molecular flexibility index (Phi) is 6.57. The molecule has 286 valence electrons. The van der Waals surface area contributed by atoms with Crippen LogP contribution in [-0.4, -0.2) is 11.8 Å². The lowest BCUT2D eigenvalue weighted by Gasteiger charge is -2.27. The van der Waals surface area contributed by atoms with Crippen molar-refractivity contribution in [2.24, 2.45) is 0 Å². The van der Waals surface area contributed by atoms with Gasteiger partial charge < -0.3 is 18.7 Å². The Morgan fingerprint density at radius 2 is 1.28 bits per heavy atom. The van der Waals surface area contributed by atoms with Crippen LogP contribution in [0.1, 0.15) is 51.3 Å². The van der Waals surface area contributed by atoms with E-state index in [0.29, 0.717) is 0 Å². The standard InChI is InChI=1S/C55H41BN2O2/c1-54(2,3)30-18-20-31(21-19-30)57-43-26-39-33-13-7-10-16-46(33)60-49(39)28-38(43)34-22-23-36-50-44(24-25-48-51(50)35-14-8-11-17-47(35)59-48)58-45-27-37-32-12-6-9-15-40(32)55(4,5)41(37)29-42(45)56-52(34)53(36)58/h6-29,56-57H,1-5H3. The number of fused-ring (bicyclic) bond motifs is 15. The molecule has 0 fully saturated rings. The second-order valence-corrected chi connectivity index (χ2v) is 18.6. The molecule has 0 spiro atoms. The van der Waals surface area contributed by atoms with Crippen LogP contribution >= 0.6 is 0 Å². The largest absolute Gasteiger partial charge is 0.456 e. The van der Waals surface area contributed by atoms with Crippen molar-refractivity contribution in [2.75, 3.05) is 5.32 Å². The minimum atomic E-state index is -0.108. The monoisotopic (exact) mass is 772 g/mol. The second kappa shape index (κ2) is 11.6. The third-order valence-electron chi connectivity index (χ3n) is 13.8. The van der Waals surface area contributed by atoms with Crippen LogP contribution in [0.3, 0.4) is 0 Å². The van der Waals surface area contributed by atoms with E-state index in [2.05, 4.69) is 184 Å². The molecule has 0 radical (unpaired) electrons. The van der Waals surface area contributed by atoms with E-state index in [9.17, 15) is 0 Å². The summed E-state index contributed by atoms with van der Waals surface area (Å²) < 4.78 is 15.7. The third kappa shape index (κ3) is 4.52. The summed E-state index contributed by atoms with van der Waals surface area (Å²) in [7, 11) is 0.797. The first-order chi connectivity index (χ1) is 29.1. The summed E-state index contributed by atoms with van der Waals surface area (Å²) in [5.74, 6) is 0. The summed E-state index contributed by atoms with van der Waals surface area (Å²) in [6.45, 7) is 11.5. The number of nitrogens with one attached hydrogen (secondary N) is 1. The Hall–Kier alpha value is -6.98. The van der Waals surface area contributed by atoms with Crippen molar-refractivity contribution in [3.8, 4) is 27.9 Å². The number of furan rings is 2. The van der Waals surface area contributed by atoms with Gasteiger partial charge in [-0.1, -0.05) is 131 Å². The molecule has 0 saturated heterocycles. The van der Waals surface area contributed by atoms with E-state index in [1.165, 1.54) is 77.2 Å². The Labute approximate surface area is 348 Å². The molecule has 4 nitrogen and oxygen atoms in total. The number of anilines is 2. The average molecular weight is 773 g/mol. The Morgan fingerprint density at radius 3 is 2.10 bits per heavy atom. The van der Waals surface area contributed by atoms with Gasteiger partial charge in [-0.25, -0.2) is 0 Å². The van der Waals surface area contributed by atoms with Gasteiger partial charge in [0.05, 0.1) is 5.52 Å². The quantitative estimate of drug-likeness (QED) is 0.182. The van der Waals surface area contributed by atoms with Gasteiger partial charge in [0.15, 0.2) is 7.28 Å². The van der Waals surface area contributed by atoms with Gasteiger partial charge in [0.2, 0.25) is 0 Å². The fourth-order valence-electron chi connectivity index (χ4n) is 10.8. The van der Waals surface area contributed by atoms with Crippen LogP contribution in [0.15, 0.2) is 154 Å². The summed E-state index contributed by atoms with van der Waals surface area (Å²) >= 11 is 0. The molecule has 3 aromatic heterocycles. The van der Waals surface area contributed by atoms with Crippen molar-refractivity contribution in [1.82, 2.24) is 4.57 Å². The number of rotatable bonds is 3. The second-order valence-electron chi connectivity index (χ2n) is 18.6. The molecule has 1 aliphatic carbocycles. The summed E-state index contributed by atoms with van der Waals surface area (Å²) in [5, 5.41) is 10.9. The Bertz CT molecular complexity index is 3670. The molecule has 1 aliphatic heterocycles. The predicted molar refractivity (Wildman–Crippen MR) is 253 cm³/mol. The van der Waals surface area contributed by atoms with E-state index in [4.69, 9.17) is 8.83 Å². The lowest BCUT2D eigenvalue weighted by Crippen LogP contribution is -2.38. The van der Waals surface area contributed by atoms with Crippen LogP contribution in [0.25, 0.3) is 93.6 Å². The van der Waals surface area contributed by atoms with E-state index in [0.717, 1.165) is 62.7 Å². The first-order valence-electron chi connectivity index (χ1n) is 21.1. The molecule has 13 rings (SSSR count). The maximum absolute atomic E-state index is 6.62. The van der Waals surface area contributed by atoms with Crippen molar-refractivity contribution in [1.29, 1.82) is 0 Å². The number of aromatic nitrogens is 1. The van der Waals surface area contributed by atoms with Crippen LogP contribution in [-0.2, 0) is 10.8 Å². The fourth-order valence-corrected chi connectivity index (χ4v) is 10.8. The summed E-state index contributed by atoms with van der Waals surface area (Å²) in [5.41, 5.74) is 21.1. The third-order valence-corrected chi connectivity index (χ3v) is 13.8. The number of benzene rings is 8. The zero-order chi connectivity index (χ0) is 40.2. The highest BCUT2D eigenvalue weighted by molar-refractivity contribution is 6.73. The van der Waals surface area contributed by atoms with Crippen molar-refractivity contribution >= 4 is 95.3 Å². The zero-order valence-electron chi connectivity index (χ0n) is 34.3. The minimum Gasteiger partial charge on any atom is -0.456 e. The Morgan fingerprint density at radius 1 is 0.550 bits per heavy atom. The normalized spacial score (nSPS) is 14.0. The highest BCUT2D eigenvalue weighted by Gasteiger charge is 2.38. The summed E-state index contributed by atoms with van der Waals surface area (Å²) in [6, 6.07) is 53.5. The van der Waals surface area contributed by atoms with E-state index in [-0.39, 0.29) is 10.8 Å². The number of hydrogen-bond donors (Lipinski definition) is 1. The first-order valence-corrected chi connectivity index (χ1v) is 21.1. The maximum atomic E-state index is 6.62. The molecule has 60 heavy (non-hydrogen) atoms. The van der Waals surface area contributed by atoms with E-state index >= 15 is 0 Å². The number of para-hydroxylation sites is 2. The minimum absolute atomic E-state index is 0.0670. The van der Waals surface area contributed by atoms with Gasteiger partial charge in [0.1, 0.15) is 22.3 Å². The first kappa shape index (κ1) is 33.9. The van der Waals surface area contributed by atoms with Gasteiger partial charge in [0.25, 0.3) is 0 Å². The van der Waals surface area contributed by atoms with Crippen LogP contribution in [0.4, 0.5) is 11.4 Å². The number of hydrogen-bond acceptors (Lipinski definition) is 3.